The molecule has 0 radical (unpaired) electrons. The smallest absolute Gasteiger partial charge is 0.267 e. The molecule has 0 spiro atoms. The van der Waals surface area contributed by atoms with Crippen LogP contribution in [0.1, 0.15) is 5.69 Å². The lowest BCUT2D eigenvalue weighted by atomic mass is 10.3. The number of hydrogen-bond acceptors (Lipinski definition) is 2. The average molecular weight is 279 g/mol. The molecule has 0 aliphatic heterocycles. The van der Waals surface area contributed by atoms with Gasteiger partial charge in [-0.05, 0) is 29.5 Å². The van der Waals surface area contributed by atoms with E-state index in [4.69, 9.17) is 4.74 Å². The Kier molecular flexibility index (Phi) is 2.76. The first-order valence-corrected chi connectivity index (χ1v) is 4.56. The molecule has 1 heterocycles. The molecule has 3 nitrogen and oxygen atoms in total. The maximum absolute atomic E-state index is 11.4. The summed E-state index contributed by atoms with van der Waals surface area (Å²) >= 11 is 1.99. The number of pyridine rings is 1. The van der Waals surface area contributed by atoms with Gasteiger partial charge < -0.3 is 9.30 Å². The van der Waals surface area contributed by atoms with Crippen LogP contribution in [0.4, 0.5) is 0 Å². The predicted molar refractivity (Wildman–Crippen MR) is 55.7 cm³/mol. The molecule has 0 bridgehead atoms. The van der Waals surface area contributed by atoms with Crippen LogP contribution in [0.25, 0.3) is 0 Å². The monoisotopic (exact) mass is 279 g/mol. The largest absolute Gasteiger partial charge is 0.495 e. The van der Waals surface area contributed by atoms with Gasteiger partial charge in [0, 0.05) is 18.8 Å². The minimum atomic E-state index is -0.00699. The Morgan fingerprint density at radius 3 is 2.67 bits per heavy atom. The van der Waals surface area contributed by atoms with Gasteiger partial charge in [-0.15, -0.1) is 0 Å². The molecular formula is C8H10INO2. The Hall–Kier alpha value is -0.520. The number of nitrogens with zero attached hydrogens (tertiary/aromatic N) is 1. The second-order valence-corrected chi connectivity index (χ2v) is 3.61. The molecule has 1 rings (SSSR count). The third-order valence-corrected chi connectivity index (χ3v) is 2.79. The van der Waals surface area contributed by atoms with Crippen molar-refractivity contribution in [3.8, 4) is 5.75 Å². The summed E-state index contributed by atoms with van der Waals surface area (Å²) < 4.78 is 7.27. The lowest BCUT2D eigenvalue weighted by Crippen LogP contribution is -2.21. The van der Waals surface area contributed by atoms with E-state index < -0.39 is 0 Å². The molecule has 0 N–H and O–H groups in total. The van der Waals surface area contributed by atoms with Crippen molar-refractivity contribution in [3.63, 3.8) is 0 Å². The van der Waals surface area contributed by atoms with Gasteiger partial charge in [0.2, 0.25) is 0 Å². The highest BCUT2D eigenvalue weighted by molar-refractivity contribution is 14.1. The van der Waals surface area contributed by atoms with E-state index in [2.05, 4.69) is 0 Å². The maximum atomic E-state index is 11.4. The fourth-order valence-electron chi connectivity index (χ4n) is 0.911. The molecule has 66 valence electrons. The third-order valence-electron chi connectivity index (χ3n) is 1.80. The molecule has 0 aliphatic rings. The van der Waals surface area contributed by atoms with E-state index in [1.807, 2.05) is 35.6 Å². The molecule has 0 fully saturated rings. The van der Waals surface area contributed by atoms with E-state index in [0.717, 1.165) is 5.69 Å². The van der Waals surface area contributed by atoms with Crippen molar-refractivity contribution in [1.29, 1.82) is 0 Å². The highest BCUT2D eigenvalue weighted by Crippen LogP contribution is 2.16. The van der Waals surface area contributed by atoms with Crippen molar-refractivity contribution in [2.45, 2.75) is 6.92 Å². The van der Waals surface area contributed by atoms with Crippen LogP contribution in [-0.2, 0) is 7.05 Å². The van der Waals surface area contributed by atoms with Crippen LogP contribution < -0.4 is 10.3 Å². The first-order chi connectivity index (χ1) is 5.57. The first-order valence-electron chi connectivity index (χ1n) is 3.48. The molecular weight excluding hydrogens is 269 g/mol. The zero-order chi connectivity index (χ0) is 9.30. The fraction of sp³-hybridized carbons (Fsp3) is 0.375. The molecule has 1 aromatic rings. The van der Waals surface area contributed by atoms with Crippen molar-refractivity contribution in [1.82, 2.24) is 4.57 Å². The molecule has 0 aliphatic carbocycles. The molecule has 0 atom stereocenters. The summed E-state index contributed by atoms with van der Waals surface area (Å²) in [5, 5.41) is 0. The van der Waals surface area contributed by atoms with E-state index in [-0.39, 0.29) is 5.56 Å². The predicted octanol–water partition coefficient (Wildman–Crippen LogP) is 1.31. The van der Waals surface area contributed by atoms with Gasteiger partial charge >= 0.3 is 0 Å². The SMILES string of the molecule is COc1cc(C)n(C)c(=O)c1I. The highest BCUT2D eigenvalue weighted by atomic mass is 127. The number of rotatable bonds is 1. The number of aromatic nitrogens is 1. The Balaban J connectivity index is 3.50. The van der Waals surface area contributed by atoms with Gasteiger partial charge in [-0.25, -0.2) is 0 Å². The Morgan fingerprint density at radius 1 is 1.58 bits per heavy atom. The zero-order valence-electron chi connectivity index (χ0n) is 7.22. The number of ether oxygens (including phenoxy) is 1. The van der Waals surface area contributed by atoms with E-state index in [0.29, 0.717) is 9.32 Å². The number of halogens is 1. The van der Waals surface area contributed by atoms with Crippen LogP contribution in [-0.4, -0.2) is 11.7 Å². The molecule has 4 heteroatoms. The summed E-state index contributed by atoms with van der Waals surface area (Å²) in [6, 6.07) is 1.85. The highest BCUT2D eigenvalue weighted by Gasteiger charge is 2.07. The van der Waals surface area contributed by atoms with Gasteiger partial charge in [-0.3, -0.25) is 4.79 Å². The van der Waals surface area contributed by atoms with Crippen LogP contribution in [0.2, 0.25) is 0 Å². The van der Waals surface area contributed by atoms with Gasteiger partial charge in [0.05, 0.1) is 7.11 Å². The standard InChI is InChI=1S/C8H10INO2/c1-5-4-6(12-3)7(9)8(11)10(5)2/h4H,1-3H3. The molecule has 0 amide bonds. The fourth-order valence-corrected chi connectivity index (χ4v) is 1.65. The first kappa shape index (κ1) is 9.57. The second kappa shape index (κ2) is 3.47. The molecule has 0 saturated carbocycles. The Morgan fingerprint density at radius 2 is 2.17 bits per heavy atom. The van der Waals surface area contributed by atoms with E-state index in [1.165, 1.54) is 0 Å². The zero-order valence-corrected chi connectivity index (χ0v) is 9.38. The van der Waals surface area contributed by atoms with Gasteiger partial charge in [0.25, 0.3) is 5.56 Å². The van der Waals surface area contributed by atoms with Crippen LogP contribution in [0, 0.1) is 10.5 Å². The Bertz CT molecular complexity index is 357. The minimum absolute atomic E-state index is 0.00699. The van der Waals surface area contributed by atoms with E-state index in [9.17, 15) is 4.79 Å². The van der Waals surface area contributed by atoms with Gasteiger partial charge in [0.1, 0.15) is 9.32 Å². The molecule has 1 aromatic heterocycles. The lowest BCUT2D eigenvalue weighted by molar-refractivity contribution is 0.408. The van der Waals surface area contributed by atoms with Crippen LogP contribution in [0.15, 0.2) is 10.9 Å². The van der Waals surface area contributed by atoms with Gasteiger partial charge in [0.15, 0.2) is 0 Å². The van der Waals surface area contributed by atoms with Crippen molar-refractivity contribution in [3.05, 3.63) is 25.7 Å². The normalized spacial score (nSPS) is 10.0. The van der Waals surface area contributed by atoms with Gasteiger partial charge in [-0.1, -0.05) is 0 Å². The summed E-state index contributed by atoms with van der Waals surface area (Å²) in [5.74, 6) is 0.649. The Labute approximate surface area is 84.5 Å². The number of aryl methyl sites for hydroxylation is 1. The number of methoxy groups -OCH3 is 1. The van der Waals surface area contributed by atoms with Crippen LogP contribution in [0.3, 0.4) is 0 Å². The molecule has 0 unspecified atom stereocenters. The van der Waals surface area contributed by atoms with Crippen LogP contribution >= 0.6 is 22.6 Å². The van der Waals surface area contributed by atoms with E-state index in [1.54, 1.807) is 18.7 Å². The third kappa shape index (κ3) is 1.48. The van der Waals surface area contributed by atoms with Crippen molar-refractivity contribution >= 4 is 22.6 Å². The maximum Gasteiger partial charge on any atom is 0.267 e. The molecule has 0 aromatic carbocycles. The molecule has 12 heavy (non-hydrogen) atoms. The quantitative estimate of drug-likeness (QED) is 0.726. The topological polar surface area (TPSA) is 31.2 Å². The summed E-state index contributed by atoms with van der Waals surface area (Å²) in [4.78, 5) is 11.4. The van der Waals surface area contributed by atoms with Crippen molar-refractivity contribution in [2.24, 2.45) is 7.05 Å². The van der Waals surface area contributed by atoms with Crippen molar-refractivity contribution < 1.29 is 4.74 Å². The summed E-state index contributed by atoms with van der Waals surface area (Å²) in [6.07, 6.45) is 0. The van der Waals surface area contributed by atoms with Gasteiger partial charge in [-0.2, -0.15) is 0 Å². The summed E-state index contributed by atoms with van der Waals surface area (Å²) in [6.45, 7) is 1.88. The lowest BCUT2D eigenvalue weighted by Gasteiger charge is -2.07. The summed E-state index contributed by atoms with van der Waals surface area (Å²) in [7, 11) is 3.32. The average Bonchev–Trinajstić information content (AvgIpc) is 2.08. The summed E-state index contributed by atoms with van der Waals surface area (Å²) in [5.41, 5.74) is 0.893. The van der Waals surface area contributed by atoms with Crippen molar-refractivity contribution in [2.75, 3.05) is 7.11 Å². The molecule has 0 saturated heterocycles. The van der Waals surface area contributed by atoms with Crippen LogP contribution in [0.5, 0.6) is 5.75 Å². The second-order valence-electron chi connectivity index (χ2n) is 2.53. The number of hydrogen-bond donors (Lipinski definition) is 0. The minimum Gasteiger partial charge on any atom is -0.495 e. The van der Waals surface area contributed by atoms with E-state index >= 15 is 0 Å².